The molecule has 0 radical (unpaired) electrons. The maximum Gasteiger partial charge on any atom is 0.255 e. The van der Waals surface area contributed by atoms with Crippen LogP contribution in [0.2, 0.25) is 0 Å². The zero-order chi connectivity index (χ0) is 15.6. The molecule has 2 N–H and O–H groups in total. The van der Waals surface area contributed by atoms with Gasteiger partial charge in [0.25, 0.3) is 5.56 Å². The second-order valence-corrected chi connectivity index (χ2v) is 6.23. The third kappa shape index (κ3) is 3.80. The van der Waals surface area contributed by atoms with Crippen LogP contribution in [0.3, 0.4) is 0 Å². The summed E-state index contributed by atoms with van der Waals surface area (Å²) in [5, 5.41) is 3.46. The third-order valence-electron chi connectivity index (χ3n) is 3.55. The van der Waals surface area contributed by atoms with Gasteiger partial charge in [0.1, 0.15) is 5.82 Å². The van der Waals surface area contributed by atoms with Crippen molar-refractivity contribution in [2.45, 2.75) is 39.8 Å². The Labute approximate surface area is 133 Å². The number of H-pyrrole nitrogens is 1. The van der Waals surface area contributed by atoms with Crippen molar-refractivity contribution >= 4 is 15.9 Å². The Bertz CT molecular complexity index is 696. The van der Waals surface area contributed by atoms with Crippen molar-refractivity contribution in [3.05, 3.63) is 61.7 Å². The Kier molecular flexibility index (Phi) is 4.96. The lowest BCUT2D eigenvalue weighted by Crippen LogP contribution is -2.29. The number of hydrogen-bond donors (Lipinski definition) is 2. The van der Waals surface area contributed by atoms with Crippen LogP contribution in [0.15, 0.2) is 33.5 Å². The van der Waals surface area contributed by atoms with E-state index in [9.17, 15) is 4.79 Å². The van der Waals surface area contributed by atoms with Gasteiger partial charge < -0.3 is 10.3 Å². The van der Waals surface area contributed by atoms with Crippen LogP contribution in [-0.2, 0) is 0 Å². The average molecular weight is 350 g/mol. The van der Waals surface area contributed by atoms with Gasteiger partial charge in [-0.2, -0.15) is 0 Å². The van der Waals surface area contributed by atoms with Crippen molar-refractivity contribution in [1.82, 2.24) is 15.3 Å². The predicted octanol–water partition coefficient (Wildman–Crippen LogP) is 3.56. The fourth-order valence-electron chi connectivity index (χ4n) is 2.58. The molecular weight excluding hydrogens is 330 g/mol. The molecule has 2 atom stereocenters. The van der Waals surface area contributed by atoms with Crippen LogP contribution in [0.25, 0.3) is 0 Å². The molecule has 4 nitrogen and oxygen atoms in total. The molecule has 1 heterocycles. The highest BCUT2D eigenvalue weighted by atomic mass is 79.9. The SMILES string of the molecule is Cc1nc(C)c(C(C)N[C@@H](C)c2cccc(Br)c2)c(=O)[nH]1. The monoisotopic (exact) mass is 349 g/mol. The molecule has 0 saturated heterocycles. The highest BCUT2D eigenvalue weighted by Crippen LogP contribution is 2.21. The summed E-state index contributed by atoms with van der Waals surface area (Å²) in [5.74, 6) is 0.647. The minimum Gasteiger partial charge on any atom is -0.310 e. The molecule has 0 amide bonds. The summed E-state index contributed by atoms with van der Waals surface area (Å²) in [6.07, 6.45) is 0. The number of rotatable bonds is 4. The smallest absolute Gasteiger partial charge is 0.255 e. The van der Waals surface area contributed by atoms with Crippen LogP contribution in [0.1, 0.15) is 48.6 Å². The van der Waals surface area contributed by atoms with E-state index in [0.29, 0.717) is 11.4 Å². The lowest BCUT2D eigenvalue weighted by Gasteiger charge is -2.21. The Balaban J connectivity index is 2.22. The molecule has 112 valence electrons. The van der Waals surface area contributed by atoms with E-state index in [1.807, 2.05) is 26.0 Å². The normalized spacial score (nSPS) is 14.0. The Hall–Kier alpha value is -1.46. The number of aromatic amines is 1. The van der Waals surface area contributed by atoms with Crippen molar-refractivity contribution < 1.29 is 0 Å². The molecule has 1 aromatic heterocycles. The summed E-state index contributed by atoms with van der Waals surface area (Å²) < 4.78 is 1.05. The van der Waals surface area contributed by atoms with Gasteiger partial charge in [-0.1, -0.05) is 28.1 Å². The number of nitrogens with zero attached hydrogens (tertiary/aromatic N) is 1. The lowest BCUT2D eigenvalue weighted by atomic mass is 10.0. The average Bonchev–Trinajstić information content (AvgIpc) is 2.37. The molecule has 0 aliphatic rings. The standard InChI is InChI=1S/C16H20BrN3O/c1-9(13-6-5-7-14(17)8-13)18-10(2)15-11(3)19-12(4)20-16(15)21/h5-10,18H,1-4H3,(H,19,20,21)/t9-,10?/m0/s1. The number of hydrogen-bond acceptors (Lipinski definition) is 3. The van der Waals surface area contributed by atoms with Crippen LogP contribution in [0.4, 0.5) is 0 Å². The summed E-state index contributed by atoms with van der Waals surface area (Å²) in [6, 6.07) is 8.22. The highest BCUT2D eigenvalue weighted by molar-refractivity contribution is 9.10. The largest absolute Gasteiger partial charge is 0.310 e. The van der Waals surface area contributed by atoms with Gasteiger partial charge in [-0.25, -0.2) is 4.98 Å². The fourth-order valence-corrected chi connectivity index (χ4v) is 2.99. The van der Waals surface area contributed by atoms with Crippen LogP contribution < -0.4 is 10.9 Å². The molecule has 21 heavy (non-hydrogen) atoms. The minimum absolute atomic E-state index is 0.0681. The first-order valence-corrected chi connectivity index (χ1v) is 7.76. The first kappa shape index (κ1) is 15.9. The second kappa shape index (κ2) is 6.54. The van der Waals surface area contributed by atoms with E-state index in [1.165, 1.54) is 5.56 Å². The number of aromatic nitrogens is 2. The third-order valence-corrected chi connectivity index (χ3v) is 4.04. The molecule has 2 aromatic rings. The van der Waals surface area contributed by atoms with E-state index in [1.54, 1.807) is 6.92 Å². The fraction of sp³-hybridized carbons (Fsp3) is 0.375. The highest BCUT2D eigenvalue weighted by Gasteiger charge is 2.17. The topological polar surface area (TPSA) is 57.8 Å². The summed E-state index contributed by atoms with van der Waals surface area (Å²) in [7, 11) is 0. The quantitative estimate of drug-likeness (QED) is 0.887. The summed E-state index contributed by atoms with van der Waals surface area (Å²) >= 11 is 3.48. The Morgan fingerprint density at radius 2 is 1.95 bits per heavy atom. The molecule has 0 bridgehead atoms. The van der Waals surface area contributed by atoms with Crippen LogP contribution in [-0.4, -0.2) is 9.97 Å². The molecule has 0 aliphatic carbocycles. The van der Waals surface area contributed by atoms with Crippen molar-refractivity contribution in [2.75, 3.05) is 0 Å². The van der Waals surface area contributed by atoms with E-state index in [-0.39, 0.29) is 17.6 Å². The first-order chi connectivity index (χ1) is 9.88. The molecule has 0 fully saturated rings. The molecule has 0 spiro atoms. The van der Waals surface area contributed by atoms with Crippen LogP contribution >= 0.6 is 15.9 Å². The van der Waals surface area contributed by atoms with Crippen LogP contribution in [0.5, 0.6) is 0 Å². The van der Waals surface area contributed by atoms with E-state index in [0.717, 1.165) is 10.2 Å². The molecule has 0 aliphatic heterocycles. The minimum atomic E-state index is -0.0733. The Morgan fingerprint density at radius 3 is 2.57 bits per heavy atom. The molecule has 0 saturated carbocycles. The summed E-state index contributed by atoms with van der Waals surface area (Å²) in [4.78, 5) is 19.2. The van der Waals surface area contributed by atoms with Gasteiger partial charge in [0, 0.05) is 22.3 Å². The van der Waals surface area contributed by atoms with Crippen LogP contribution in [0, 0.1) is 13.8 Å². The molecule has 5 heteroatoms. The van der Waals surface area contributed by atoms with Gasteiger partial charge in [-0.3, -0.25) is 4.79 Å². The van der Waals surface area contributed by atoms with E-state index >= 15 is 0 Å². The summed E-state index contributed by atoms with van der Waals surface area (Å²) in [5.41, 5.74) is 2.58. The number of halogens is 1. The molecule has 2 rings (SSSR count). The zero-order valence-electron chi connectivity index (χ0n) is 12.7. The molecule has 1 aromatic carbocycles. The van der Waals surface area contributed by atoms with Crippen molar-refractivity contribution in [2.24, 2.45) is 0 Å². The van der Waals surface area contributed by atoms with E-state index < -0.39 is 0 Å². The molecular formula is C16H20BrN3O. The number of nitrogens with one attached hydrogen (secondary N) is 2. The van der Waals surface area contributed by atoms with Gasteiger partial charge >= 0.3 is 0 Å². The van der Waals surface area contributed by atoms with Gasteiger partial charge in [0.15, 0.2) is 0 Å². The van der Waals surface area contributed by atoms with Gasteiger partial charge in [-0.15, -0.1) is 0 Å². The Morgan fingerprint density at radius 1 is 1.24 bits per heavy atom. The zero-order valence-corrected chi connectivity index (χ0v) is 14.3. The number of aryl methyl sites for hydroxylation is 2. The van der Waals surface area contributed by atoms with Gasteiger partial charge in [-0.05, 0) is 45.4 Å². The maximum atomic E-state index is 12.1. The van der Waals surface area contributed by atoms with Crippen molar-refractivity contribution in [3.8, 4) is 0 Å². The van der Waals surface area contributed by atoms with Crippen molar-refractivity contribution in [3.63, 3.8) is 0 Å². The van der Waals surface area contributed by atoms with E-state index in [2.05, 4.69) is 50.3 Å². The second-order valence-electron chi connectivity index (χ2n) is 5.32. The maximum absolute atomic E-state index is 12.1. The predicted molar refractivity (Wildman–Crippen MR) is 88.4 cm³/mol. The van der Waals surface area contributed by atoms with Crippen molar-refractivity contribution in [1.29, 1.82) is 0 Å². The first-order valence-electron chi connectivity index (χ1n) is 6.97. The van der Waals surface area contributed by atoms with E-state index in [4.69, 9.17) is 0 Å². The lowest BCUT2D eigenvalue weighted by molar-refractivity contribution is 0.487. The van der Waals surface area contributed by atoms with Gasteiger partial charge in [0.05, 0.1) is 5.56 Å². The molecule has 1 unspecified atom stereocenters. The summed E-state index contributed by atoms with van der Waals surface area (Å²) in [6.45, 7) is 7.74. The number of benzene rings is 1. The van der Waals surface area contributed by atoms with Gasteiger partial charge in [0.2, 0.25) is 0 Å².